The largest absolute Gasteiger partial charge is 0.394 e. The quantitative estimate of drug-likeness (QED) is 0.174. The minimum Gasteiger partial charge on any atom is -0.394 e. The van der Waals surface area contributed by atoms with Gasteiger partial charge in [-0.2, -0.15) is 0 Å². The number of hydrogen-bond donors (Lipinski definition) is 6. The van der Waals surface area contributed by atoms with Gasteiger partial charge in [0.15, 0.2) is 6.29 Å². The van der Waals surface area contributed by atoms with Gasteiger partial charge in [0.05, 0.1) is 24.4 Å². The van der Waals surface area contributed by atoms with Crippen molar-refractivity contribution in [3.8, 4) is 0 Å². The summed E-state index contributed by atoms with van der Waals surface area (Å²) in [5, 5.41) is 63.2. The van der Waals surface area contributed by atoms with Gasteiger partial charge in [0.2, 0.25) is 0 Å². The lowest BCUT2D eigenvalue weighted by Gasteiger charge is -2.66. The first-order valence-electron chi connectivity index (χ1n) is 17.1. The Morgan fingerprint density at radius 3 is 2.31 bits per heavy atom. The molecule has 0 spiro atoms. The molecule has 0 unspecified atom stereocenters. The van der Waals surface area contributed by atoms with Gasteiger partial charge in [-0.25, -0.2) is 0 Å². The molecule has 5 rings (SSSR count). The predicted molar refractivity (Wildman–Crippen MR) is 169 cm³/mol. The van der Waals surface area contributed by atoms with E-state index < -0.39 is 66.0 Å². The minimum atomic E-state index is -1.57. The second-order valence-corrected chi connectivity index (χ2v) is 16.7. The average molecular weight is 635 g/mol. The van der Waals surface area contributed by atoms with Gasteiger partial charge in [0.25, 0.3) is 0 Å². The number of carbonyl (C=O) groups excluding carboxylic acids is 1. The molecule has 0 amide bonds. The maximum absolute atomic E-state index is 13.7. The van der Waals surface area contributed by atoms with E-state index in [0.717, 1.165) is 31.3 Å². The van der Waals surface area contributed by atoms with Crippen molar-refractivity contribution in [3.05, 3.63) is 23.8 Å². The number of rotatable bonds is 8. The molecule has 0 aromatic carbocycles. The molecule has 256 valence electrons. The van der Waals surface area contributed by atoms with Crippen LogP contribution >= 0.6 is 0 Å². The number of aliphatic hydroxyl groups is 6. The van der Waals surface area contributed by atoms with E-state index in [1.165, 1.54) is 6.29 Å². The third-order valence-electron chi connectivity index (χ3n) is 13.5. The molecule has 0 aromatic rings. The van der Waals surface area contributed by atoms with Gasteiger partial charge >= 0.3 is 0 Å². The van der Waals surface area contributed by atoms with E-state index >= 15 is 0 Å². The molecule has 4 aliphatic carbocycles. The highest BCUT2D eigenvalue weighted by molar-refractivity contribution is 5.65. The number of fused-ring (bicyclic) bond motifs is 5. The van der Waals surface area contributed by atoms with Crippen LogP contribution in [0.25, 0.3) is 0 Å². The lowest BCUT2D eigenvalue weighted by atomic mass is 9.38. The fourth-order valence-electron chi connectivity index (χ4n) is 10.7. The molecule has 1 saturated heterocycles. The molecule has 14 atom stereocenters. The topological polar surface area (TPSA) is 157 Å². The summed E-state index contributed by atoms with van der Waals surface area (Å²) in [6, 6.07) is 0. The van der Waals surface area contributed by atoms with Crippen molar-refractivity contribution in [2.24, 2.45) is 45.3 Å². The van der Waals surface area contributed by atoms with E-state index in [1.54, 1.807) is 13.8 Å². The molecule has 0 bridgehead atoms. The molecule has 3 saturated carbocycles. The van der Waals surface area contributed by atoms with Crippen molar-refractivity contribution in [1.29, 1.82) is 0 Å². The molecular weight excluding hydrogens is 576 g/mol. The number of aliphatic hydroxyl groups excluding tert-OH is 5. The second kappa shape index (κ2) is 12.1. The van der Waals surface area contributed by atoms with E-state index in [2.05, 4.69) is 32.9 Å². The zero-order valence-corrected chi connectivity index (χ0v) is 28.2. The predicted octanol–water partition coefficient (Wildman–Crippen LogP) is 3.28. The van der Waals surface area contributed by atoms with Crippen LogP contribution in [0.5, 0.6) is 0 Å². The van der Waals surface area contributed by atoms with Crippen molar-refractivity contribution >= 4 is 6.29 Å². The Bertz CT molecular complexity index is 1160. The molecule has 0 radical (unpaired) electrons. The van der Waals surface area contributed by atoms with Crippen molar-refractivity contribution in [2.75, 3.05) is 6.61 Å². The van der Waals surface area contributed by atoms with E-state index in [4.69, 9.17) is 9.47 Å². The molecule has 1 heterocycles. The van der Waals surface area contributed by atoms with Gasteiger partial charge in [-0.05, 0) is 87.4 Å². The first kappa shape index (κ1) is 35.1. The second-order valence-electron chi connectivity index (χ2n) is 16.7. The number of aldehydes is 1. The normalized spacial score (nSPS) is 48.7. The molecule has 6 N–H and O–H groups in total. The number of hydrogen-bond acceptors (Lipinski definition) is 9. The molecule has 9 nitrogen and oxygen atoms in total. The van der Waals surface area contributed by atoms with Crippen molar-refractivity contribution < 1.29 is 44.9 Å². The first-order chi connectivity index (χ1) is 20.9. The lowest BCUT2D eigenvalue weighted by Crippen LogP contribution is -2.66. The Hall–Kier alpha value is -1.17. The third-order valence-corrected chi connectivity index (χ3v) is 13.5. The van der Waals surface area contributed by atoms with Gasteiger partial charge < -0.3 is 44.9 Å². The highest BCUT2D eigenvalue weighted by Gasteiger charge is 2.71. The van der Waals surface area contributed by atoms with Crippen LogP contribution in [0.2, 0.25) is 0 Å². The van der Waals surface area contributed by atoms with E-state index in [-0.39, 0.29) is 22.7 Å². The van der Waals surface area contributed by atoms with Crippen molar-refractivity contribution in [1.82, 2.24) is 0 Å². The monoisotopic (exact) mass is 634 g/mol. The third kappa shape index (κ3) is 5.51. The van der Waals surface area contributed by atoms with Crippen LogP contribution in [0.1, 0.15) is 93.4 Å². The van der Waals surface area contributed by atoms with Crippen LogP contribution in [0, 0.1) is 45.3 Å². The molecule has 4 fully saturated rings. The van der Waals surface area contributed by atoms with Crippen LogP contribution in [-0.2, 0) is 14.3 Å². The van der Waals surface area contributed by atoms with Crippen molar-refractivity contribution in [2.45, 2.75) is 142 Å². The average Bonchev–Trinajstić information content (AvgIpc) is 3.25. The molecule has 1 aliphatic heterocycles. The Labute approximate surface area is 268 Å². The van der Waals surface area contributed by atoms with Crippen LogP contribution in [0.15, 0.2) is 23.8 Å². The van der Waals surface area contributed by atoms with Gasteiger partial charge in [-0.1, -0.05) is 58.4 Å². The lowest BCUT2D eigenvalue weighted by molar-refractivity contribution is -0.321. The summed E-state index contributed by atoms with van der Waals surface area (Å²) in [6.07, 6.45) is 4.43. The van der Waals surface area contributed by atoms with Crippen LogP contribution in [-0.4, -0.2) is 92.0 Å². The minimum absolute atomic E-state index is 0.0550. The van der Waals surface area contributed by atoms with Gasteiger partial charge in [-0.3, -0.25) is 0 Å². The first-order valence-corrected chi connectivity index (χ1v) is 17.1. The van der Waals surface area contributed by atoms with Gasteiger partial charge in [-0.15, -0.1) is 0 Å². The fourth-order valence-corrected chi connectivity index (χ4v) is 10.7. The number of ether oxygens (including phenoxy) is 2. The van der Waals surface area contributed by atoms with Crippen molar-refractivity contribution in [3.63, 3.8) is 0 Å². The Morgan fingerprint density at radius 2 is 1.69 bits per heavy atom. The zero-order chi connectivity index (χ0) is 33.3. The number of allylic oxidation sites excluding steroid dienone is 1. The zero-order valence-electron chi connectivity index (χ0n) is 28.2. The summed E-state index contributed by atoms with van der Waals surface area (Å²) in [7, 11) is 0. The number of carbonyl (C=O) groups is 1. The Morgan fingerprint density at radius 1 is 1.00 bits per heavy atom. The summed E-state index contributed by atoms with van der Waals surface area (Å²) in [5.41, 5.74) is -1.68. The maximum atomic E-state index is 13.7. The van der Waals surface area contributed by atoms with E-state index in [1.807, 2.05) is 19.9 Å². The smallest absolute Gasteiger partial charge is 0.187 e. The summed E-state index contributed by atoms with van der Waals surface area (Å²) >= 11 is 0. The van der Waals surface area contributed by atoms with E-state index in [9.17, 15) is 35.4 Å². The standard InChI is InChI=1S/C36H58O9/c1-20(9-8-13-32(2,3)43)21-12-14-35(7)30-24(44-31-29(42)28(41)27(40)25(18-37)45-31)17-23-22(10-11-26(39)33(23,4)5)36(30,19-38)16-15-34(21,35)6/h8,13,17,19-22,24-31,37,39-43H,9-12,14-16,18H2,1-7H3/b13-8+/t20-,21-,22-,24+,25+,26+,27+,28-,29+,30+,31+,34-,35+,36-/m1/s1. The highest BCUT2D eigenvalue weighted by Crippen LogP contribution is 2.75. The van der Waals surface area contributed by atoms with Crippen LogP contribution in [0.3, 0.4) is 0 Å². The van der Waals surface area contributed by atoms with Crippen LogP contribution in [0.4, 0.5) is 0 Å². The molecular formula is C36H58O9. The summed E-state index contributed by atoms with van der Waals surface area (Å²) in [6.45, 7) is 14.0. The Balaban J connectivity index is 1.58. The molecule has 0 aromatic heterocycles. The molecule has 9 heteroatoms. The maximum Gasteiger partial charge on any atom is 0.187 e. The Kier molecular flexibility index (Phi) is 9.42. The summed E-state index contributed by atoms with van der Waals surface area (Å²) in [4.78, 5) is 13.7. The van der Waals surface area contributed by atoms with Gasteiger partial charge in [0.1, 0.15) is 30.7 Å². The molecule has 5 aliphatic rings. The SMILES string of the molecule is C[C@H](C/C=C/C(C)(C)O)[C@H]1CC[C@@]2(C)[C@@H]3[C@@H](O[C@H]4O[C@@H](CO)[C@H](O)[C@@H](O)[C@@H]4O)C=C4[C@@H](CC[C@H](O)C4(C)C)[C@]3(C=O)CC[C@]12C. The highest BCUT2D eigenvalue weighted by atomic mass is 16.7. The fraction of sp³-hybridized carbons (Fsp3) is 0.861. The van der Waals surface area contributed by atoms with Gasteiger partial charge in [0, 0.05) is 16.7 Å². The van der Waals surface area contributed by atoms with Crippen LogP contribution < -0.4 is 0 Å². The summed E-state index contributed by atoms with van der Waals surface area (Å²) in [5.74, 6) is 0.405. The van der Waals surface area contributed by atoms with E-state index in [0.29, 0.717) is 31.1 Å². The molecule has 45 heavy (non-hydrogen) atoms. The summed E-state index contributed by atoms with van der Waals surface area (Å²) < 4.78 is 12.5.